The fraction of sp³-hybridized carbons (Fsp3) is 0.500. The SMILES string of the molecule is CCC(C)(CC=C(C)C)c1ccncc1. The number of aromatic nitrogens is 1. The molecule has 0 N–H and O–H groups in total. The van der Waals surface area contributed by atoms with Crippen molar-refractivity contribution in [3.8, 4) is 0 Å². The highest BCUT2D eigenvalue weighted by molar-refractivity contribution is 5.23. The van der Waals surface area contributed by atoms with Gasteiger partial charge in [0.15, 0.2) is 0 Å². The van der Waals surface area contributed by atoms with Crippen molar-refractivity contribution in [2.45, 2.75) is 46.0 Å². The predicted octanol–water partition coefficient (Wildman–Crippen LogP) is 4.11. The Balaban J connectivity index is 2.90. The van der Waals surface area contributed by atoms with Crippen molar-refractivity contribution in [3.05, 3.63) is 41.7 Å². The summed E-state index contributed by atoms with van der Waals surface area (Å²) in [6.45, 7) is 8.88. The predicted molar refractivity (Wildman–Crippen MR) is 65.9 cm³/mol. The summed E-state index contributed by atoms with van der Waals surface area (Å²) >= 11 is 0. The van der Waals surface area contributed by atoms with Gasteiger partial charge in [0.25, 0.3) is 0 Å². The van der Waals surface area contributed by atoms with Crippen LogP contribution in [0, 0.1) is 0 Å². The molecule has 0 aromatic carbocycles. The van der Waals surface area contributed by atoms with Gasteiger partial charge >= 0.3 is 0 Å². The number of nitrogens with zero attached hydrogens (tertiary/aromatic N) is 1. The van der Waals surface area contributed by atoms with Crippen LogP contribution in [0.15, 0.2) is 36.2 Å². The molecule has 1 heterocycles. The quantitative estimate of drug-likeness (QED) is 0.671. The van der Waals surface area contributed by atoms with E-state index in [0.717, 1.165) is 12.8 Å². The van der Waals surface area contributed by atoms with E-state index < -0.39 is 0 Å². The minimum absolute atomic E-state index is 0.250. The van der Waals surface area contributed by atoms with E-state index in [1.807, 2.05) is 12.4 Å². The Labute approximate surface area is 93.2 Å². The lowest BCUT2D eigenvalue weighted by Gasteiger charge is -2.27. The highest BCUT2D eigenvalue weighted by atomic mass is 14.6. The third-order valence-electron chi connectivity index (χ3n) is 3.12. The molecular formula is C14H21N. The summed E-state index contributed by atoms with van der Waals surface area (Å²) in [6.07, 6.45) is 8.35. The van der Waals surface area contributed by atoms with E-state index in [2.05, 4.69) is 50.9 Å². The average molecular weight is 203 g/mol. The third-order valence-corrected chi connectivity index (χ3v) is 3.12. The molecule has 0 aliphatic heterocycles. The van der Waals surface area contributed by atoms with E-state index in [1.54, 1.807) is 0 Å². The highest BCUT2D eigenvalue weighted by Gasteiger charge is 2.22. The van der Waals surface area contributed by atoms with Crippen molar-refractivity contribution in [3.63, 3.8) is 0 Å². The molecule has 0 fully saturated rings. The van der Waals surface area contributed by atoms with Gasteiger partial charge in [-0.05, 0) is 49.8 Å². The molecule has 0 saturated carbocycles. The van der Waals surface area contributed by atoms with Gasteiger partial charge in [-0.1, -0.05) is 25.5 Å². The van der Waals surface area contributed by atoms with E-state index in [1.165, 1.54) is 11.1 Å². The lowest BCUT2D eigenvalue weighted by Crippen LogP contribution is -2.19. The van der Waals surface area contributed by atoms with Gasteiger partial charge in [-0.25, -0.2) is 0 Å². The molecule has 1 aromatic heterocycles. The summed E-state index contributed by atoms with van der Waals surface area (Å²) in [5, 5.41) is 0. The molecule has 0 amide bonds. The monoisotopic (exact) mass is 203 g/mol. The van der Waals surface area contributed by atoms with Crippen molar-refractivity contribution in [1.29, 1.82) is 0 Å². The number of rotatable bonds is 4. The Morgan fingerprint density at radius 1 is 1.33 bits per heavy atom. The first-order chi connectivity index (χ1) is 7.08. The van der Waals surface area contributed by atoms with Crippen molar-refractivity contribution in [2.75, 3.05) is 0 Å². The summed E-state index contributed by atoms with van der Waals surface area (Å²) in [6, 6.07) is 4.25. The van der Waals surface area contributed by atoms with Gasteiger partial charge in [0.05, 0.1) is 0 Å². The van der Waals surface area contributed by atoms with E-state index in [4.69, 9.17) is 0 Å². The molecular weight excluding hydrogens is 182 g/mol. The lowest BCUT2D eigenvalue weighted by molar-refractivity contribution is 0.459. The molecule has 0 radical (unpaired) electrons. The molecule has 0 aliphatic rings. The smallest absolute Gasteiger partial charge is 0.0270 e. The molecule has 0 aliphatic carbocycles. The van der Waals surface area contributed by atoms with Gasteiger partial charge in [0, 0.05) is 12.4 Å². The van der Waals surface area contributed by atoms with Crippen molar-refractivity contribution >= 4 is 0 Å². The Bertz CT molecular complexity index is 322. The molecule has 0 spiro atoms. The normalized spacial score (nSPS) is 14.4. The summed E-state index contributed by atoms with van der Waals surface area (Å²) < 4.78 is 0. The molecule has 0 bridgehead atoms. The van der Waals surface area contributed by atoms with Crippen LogP contribution in [0.1, 0.15) is 46.1 Å². The molecule has 1 unspecified atom stereocenters. The Morgan fingerprint density at radius 2 is 1.93 bits per heavy atom. The molecule has 15 heavy (non-hydrogen) atoms. The zero-order valence-electron chi connectivity index (χ0n) is 10.2. The molecule has 0 saturated heterocycles. The number of hydrogen-bond acceptors (Lipinski definition) is 1. The van der Waals surface area contributed by atoms with E-state index >= 15 is 0 Å². The van der Waals surface area contributed by atoms with Crippen LogP contribution < -0.4 is 0 Å². The number of hydrogen-bond donors (Lipinski definition) is 0. The van der Waals surface area contributed by atoms with Gasteiger partial charge in [0.1, 0.15) is 0 Å². The van der Waals surface area contributed by atoms with Gasteiger partial charge < -0.3 is 0 Å². The minimum Gasteiger partial charge on any atom is -0.265 e. The molecule has 1 rings (SSSR count). The Kier molecular flexibility index (Phi) is 4.07. The van der Waals surface area contributed by atoms with Crippen LogP contribution in [0.4, 0.5) is 0 Å². The summed E-state index contributed by atoms with van der Waals surface area (Å²) in [5.74, 6) is 0. The first-order valence-corrected chi connectivity index (χ1v) is 5.62. The molecule has 82 valence electrons. The second kappa shape index (κ2) is 5.11. The maximum Gasteiger partial charge on any atom is 0.0270 e. The van der Waals surface area contributed by atoms with Crippen LogP contribution >= 0.6 is 0 Å². The zero-order valence-corrected chi connectivity index (χ0v) is 10.2. The van der Waals surface area contributed by atoms with Crippen molar-refractivity contribution in [2.24, 2.45) is 0 Å². The first kappa shape index (κ1) is 12.0. The molecule has 1 heteroatoms. The topological polar surface area (TPSA) is 12.9 Å². The maximum absolute atomic E-state index is 4.07. The van der Waals surface area contributed by atoms with Crippen LogP contribution in [0.3, 0.4) is 0 Å². The van der Waals surface area contributed by atoms with Crippen molar-refractivity contribution < 1.29 is 0 Å². The molecule has 1 atom stereocenters. The highest BCUT2D eigenvalue weighted by Crippen LogP contribution is 2.31. The van der Waals surface area contributed by atoms with E-state index in [9.17, 15) is 0 Å². The summed E-state index contributed by atoms with van der Waals surface area (Å²) in [7, 11) is 0. The fourth-order valence-electron chi connectivity index (χ4n) is 1.65. The Morgan fingerprint density at radius 3 is 2.40 bits per heavy atom. The second-order valence-electron chi connectivity index (χ2n) is 4.64. The lowest BCUT2D eigenvalue weighted by atomic mass is 9.77. The standard InChI is InChI=1S/C14H21N/c1-5-14(4,9-6-12(2)3)13-7-10-15-11-8-13/h6-8,10-11H,5,9H2,1-4H3. The number of pyridine rings is 1. The maximum atomic E-state index is 4.07. The van der Waals surface area contributed by atoms with Crippen molar-refractivity contribution in [1.82, 2.24) is 4.98 Å². The second-order valence-corrected chi connectivity index (χ2v) is 4.64. The fourth-order valence-corrected chi connectivity index (χ4v) is 1.65. The summed E-state index contributed by atoms with van der Waals surface area (Å²) in [4.78, 5) is 4.07. The molecule has 1 nitrogen and oxygen atoms in total. The van der Waals surface area contributed by atoms with Gasteiger partial charge in [-0.2, -0.15) is 0 Å². The first-order valence-electron chi connectivity index (χ1n) is 5.62. The van der Waals surface area contributed by atoms with Crippen LogP contribution in [0.5, 0.6) is 0 Å². The Hall–Kier alpha value is -1.11. The van der Waals surface area contributed by atoms with Gasteiger partial charge in [-0.3, -0.25) is 4.98 Å². The largest absolute Gasteiger partial charge is 0.265 e. The van der Waals surface area contributed by atoms with Crippen LogP contribution in [0.2, 0.25) is 0 Å². The minimum atomic E-state index is 0.250. The third kappa shape index (κ3) is 3.19. The zero-order chi connectivity index (χ0) is 11.3. The molecule has 1 aromatic rings. The van der Waals surface area contributed by atoms with Gasteiger partial charge in [-0.15, -0.1) is 0 Å². The number of allylic oxidation sites excluding steroid dienone is 2. The van der Waals surface area contributed by atoms with Gasteiger partial charge in [0.2, 0.25) is 0 Å². The summed E-state index contributed by atoms with van der Waals surface area (Å²) in [5.41, 5.74) is 3.03. The van der Waals surface area contributed by atoms with E-state index in [0.29, 0.717) is 0 Å². The average Bonchev–Trinajstić information content (AvgIpc) is 2.27. The van der Waals surface area contributed by atoms with Crippen LogP contribution in [-0.2, 0) is 5.41 Å². The van der Waals surface area contributed by atoms with E-state index in [-0.39, 0.29) is 5.41 Å². The van der Waals surface area contributed by atoms with Crippen LogP contribution in [0.25, 0.3) is 0 Å². The van der Waals surface area contributed by atoms with Crippen LogP contribution in [-0.4, -0.2) is 4.98 Å².